The SMILES string of the molecule is Cc1cc(Oc2ccccc2)nc(NCCn2cc(C3CCOC3)cn2)n1. The monoisotopic (exact) mass is 365 g/mol. The summed E-state index contributed by atoms with van der Waals surface area (Å²) in [5.74, 6) is 2.31. The van der Waals surface area contributed by atoms with E-state index in [0.717, 1.165) is 37.6 Å². The third-order valence-electron chi connectivity index (χ3n) is 4.47. The van der Waals surface area contributed by atoms with Crippen molar-refractivity contribution in [3.05, 3.63) is 60.0 Å². The standard InChI is InChI=1S/C20H23N5O2/c1-15-11-19(27-18-5-3-2-4-6-18)24-20(23-15)21-8-9-25-13-17(12-22-25)16-7-10-26-14-16/h2-6,11-13,16H,7-10,14H2,1H3,(H,21,23,24). The zero-order chi connectivity index (χ0) is 18.5. The van der Waals surface area contributed by atoms with Crippen LogP contribution in [-0.2, 0) is 11.3 Å². The van der Waals surface area contributed by atoms with Crippen LogP contribution in [0.5, 0.6) is 11.6 Å². The van der Waals surface area contributed by atoms with Crippen molar-refractivity contribution in [3.63, 3.8) is 0 Å². The van der Waals surface area contributed by atoms with E-state index in [-0.39, 0.29) is 0 Å². The summed E-state index contributed by atoms with van der Waals surface area (Å²) in [4.78, 5) is 8.86. The van der Waals surface area contributed by atoms with Crippen molar-refractivity contribution in [2.75, 3.05) is 25.1 Å². The molecular weight excluding hydrogens is 342 g/mol. The summed E-state index contributed by atoms with van der Waals surface area (Å²) in [5, 5.41) is 7.69. The first kappa shape index (κ1) is 17.5. The van der Waals surface area contributed by atoms with Crippen molar-refractivity contribution in [3.8, 4) is 11.6 Å². The van der Waals surface area contributed by atoms with E-state index < -0.39 is 0 Å². The highest BCUT2D eigenvalue weighted by Gasteiger charge is 2.19. The van der Waals surface area contributed by atoms with E-state index >= 15 is 0 Å². The summed E-state index contributed by atoms with van der Waals surface area (Å²) in [6, 6.07) is 11.4. The molecule has 3 heterocycles. The Kier molecular flexibility index (Phi) is 5.29. The molecule has 0 aliphatic carbocycles. The summed E-state index contributed by atoms with van der Waals surface area (Å²) in [6.07, 6.45) is 5.11. The molecule has 0 radical (unpaired) electrons. The normalized spacial score (nSPS) is 16.4. The van der Waals surface area contributed by atoms with Crippen LogP contribution < -0.4 is 10.1 Å². The molecule has 7 nitrogen and oxygen atoms in total. The maximum atomic E-state index is 5.80. The second-order valence-electron chi connectivity index (χ2n) is 6.61. The van der Waals surface area contributed by atoms with Gasteiger partial charge in [-0.1, -0.05) is 18.2 Å². The zero-order valence-electron chi connectivity index (χ0n) is 15.3. The average molecular weight is 365 g/mol. The van der Waals surface area contributed by atoms with Gasteiger partial charge in [-0.25, -0.2) is 4.98 Å². The third kappa shape index (κ3) is 4.62. The minimum Gasteiger partial charge on any atom is -0.439 e. The molecule has 1 N–H and O–H groups in total. The van der Waals surface area contributed by atoms with Crippen molar-refractivity contribution in [1.29, 1.82) is 0 Å². The van der Waals surface area contributed by atoms with E-state index in [1.807, 2.05) is 54.2 Å². The average Bonchev–Trinajstić information content (AvgIpc) is 3.34. The molecule has 4 rings (SSSR count). The smallest absolute Gasteiger partial charge is 0.226 e. The summed E-state index contributed by atoms with van der Waals surface area (Å²) in [5.41, 5.74) is 2.10. The highest BCUT2D eigenvalue weighted by molar-refractivity contribution is 5.33. The van der Waals surface area contributed by atoms with E-state index in [0.29, 0.717) is 24.3 Å². The van der Waals surface area contributed by atoms with Gasteiger partial charge in [0.1, 0.15) is 5.75 Å². The first-order valence-corrected chi connectivity index (χ1v) is 9.19. The van der Waals surface area contributed by atoms with Crippen LogP contribution >= 0.6 is 0 Å². The highest BCUT2D eigenvalue weighted by atomic mass is 16.5. The lowest BCUT2D eigenvalue weighted by Gasteiger charge is -2.09. The number of aromatic nitrogens is 4. The quantitative estimate of drug-likeness (QED) is 0.692. The Bertz CT molecular complexity index is 875. The molecule has 1 saturated heterocycles. The van der Waals surface area contributed by atoms with Gasteiger partial charge in [0.05, 0.1) is 19.3 Å². The molecule has 1 fully saturated rings. The predicted octanol–water partition coefficient (Wildman–Crippen LogP) is 3.39. The number of anilines is 1. The molecule has 1 aliphatic heterocycles. The Morgan fingerprint density at radius 1 is 1.26 bits per heavy atom. The van der Waals surface area contributed by atoms with Gasteiger partial charge >= 0.3 is 0 Å². The molecule has 0 bridgehead atoms. The first-order valence-electron chi connectivity index (χ1n) is 9.19. The van der Waals surface area contributed by atoms with Gasteiger partial charge in [0.25, 0.3) is 0 Å². The number of aryl methyl sites for hydroxylation is 1. The number of nitrogens with one attached hydrogen (secondary N) is 1. The van der Waals surface area contributed by atoms with Crippen molar-refractivity contribution in [1.82, 2.24) is 19.7 Å². The van der Waals surface area contributed by atoms with Gasteiger partial charge in [-0.3, -0.25) is 4.68 Å². The molecule has 3 aromatic rings. The fraction of sp³-hybridized carbons (Fsp3) is 0.350. The molecule has 2 aromatic heterocycles. The summed E-state index contributed by atoms with van der Waals surface area (Å²) < 4.78 is 13.2. The Labute approximate surface area is 158 Å². The van der Waals surface area contributed by atoms with Crippen molar-refractivity contribution in [2.45, 2.75) is 25.8 Å². The fourth-order valence-corrected chi connectivity index (χ4v) is 3.07. The highest BCUT2D eigenvalue weighted by Crippen LogP contribution is 2.24. The number of rotatable bonds is 7. The van der Waals surface area contributed by atoms with E-state index in [4.69, 9.17) is 9.47 Å². The lowest BCUT2D eigenvalue weighted by atomic mass is 10.0. The van der Waals surface area contributed by atoms with Crippen LogP contribution in [0.4, 0.5) is 5.95 Å². The number of benzene rings is 1. The van der Waals surface area contributed by atoms with Gasteiger partial charge in [0.15, 0.2) is 0 Å². The maximum absolute atomic E-state index is 5.80. The lowest BCUT2D eigenvalue weighted by Crippen LogP contribution is -2.13. The Morgan fingerprint density at radius 2 is 2.15 bits per heavy atom. The maximum Gasteiger partial charge on any atom is 0.226 e. The molecular formula is C20H23N5O2. The molecule has 1 aliphatic rings. The van der Waals surface area contributed by atoms with Crippen LogP contribution in [0, 0.1) is 6.92 Å². The Balaban J connectivity index is 1.34. The van der Waals surface area contributed by atoms with Crippen LogP contribution in [0.2, 0.25) is 0 Å². The molecule has 1 atom stereocenters. The van der Waals surface area contributed by atoms with Crippen LogP contribution in [0.3, 0.4) is 0 Å². The second-order valence-corrected chi connectivity index (χ2v) is 6.61. The van der Waals surface area contributed by atoms with Crippen LogP contribution in [0.15, 0.2) is 48.8 Å². The zero-order valence-corrected chi connectivity index (χ0v) is 15.3. The fourth-order valence-electron chi connectivity index (χ4n) is 3.07. The van der Waals surface area contributed by atoms with E-state index in [9.17, 15) is 0 Å². The van der Waals surface area contributed by atoms with Crippen LogP contribution in [0.25, 0.3) is 0 Å². The summed E-state index contributed by atoms with van der Waals surface area (Å²) in [6.45, 7) is 4.98. The topological polar surface area (TPSA) is 74.1 Å². The number of hydrogen-bond donors (Lipinski definition) is 1. The minimum atomic E-state index is 0.476. The van der Waals surface area contributed by atoms with Gasteiger partial charge < -0.3 is 14.8 Å². The van der Waals surface area contributed by atoms with Crippen LogP contribution in [0.1, 0.15) is 23.6 Å². The van der Waals surface area contributed by atoms with Gasteiger partial charge in [-0.15, -0.1) is 0 Å². The van der Waals surface area contributed by atoms with Gasteiger partial charge in [0, 0.05) is 37.0 Å². The number of hydrogen-bond acceptors (Lipinski definition) is 6. The molecule has 1 unspecified atom stereocenters. The van der Waals surface area contributed by atoms with Crippen molar-refractivity contribution < 1.29 is 9.47 Å². The van der Waals surface area contributed by atoms with E-state index in [1.165, 1.54) is 5.56 Å². The van der Waals surface area contributed by atoms with Crippen molar-refractivity contribution >= 4 is 5.95 Å². The lowest BCUT2D eigenvalue weighted by molar-refractivity contribution is 0.194. The van der Waals surface area contributed by atoms with Crippen LogP contribution in [-0.4, -0.2) is 39.5 Å². The van der Waals surface area contributed by atoms with E-state index in [2.05, 4.69) is 26.6 Å². The number of ether oxygens (including phenoxy) is 2. The predicted molar refractivity (Wildman–Crippen MR) is 102 cm³/mol. The Morgan fingerprint density at radius 3 is 2.96 bits per heavy atom. The van der Waals surface area contributed by atoms with Gasteiger partial charge in [-0.05, 0) is 31.0 Å². The van der Waals surface area contributed by atoms with E-state index in [1.54, 1.807) is 0 Å². The van der Waals surface area contributed by atoms with Crippen molar-refractivity contribution in [2.24, 2.45) is 0 Å². The molecule has 27 heavy (non-hydrogen) atoms. The number of para-hydroxylation sites is 1. The molecule has 0 saturated carbocycles. The van der Waals surface area contributed by atoms with Gasteiger partial charge in [-0.2, -0.15) is 10.1 Å². The minimum absolute atomic E-state index is 0.476. The number of nitrogens with zero attached hydrogens (tertiary/aromatic N) is 4. The Hall–Kier alpha value is -2.93. The molecule has 0 spiro atoms. The molecule has 140 valence electrons. The molecule has 0 amide bonds. The van der Waals surface area contributed by atoms with Gasteiger partial charge in [0.2, 0.25) is 11.8 Å². The first-order chi connectivity index (χ1) is 13.3. The third-order valence-corrected chi connectivity index (χ3v) is 4.47. The second kappa shape index (κ2) is 8.18. The molecule has 1 aromatic carbocycles. The molecule has 7 heteroatoms. The summed E-state index contributed by atoms with van der Waals surface area (Å²) >= 11 is 0. The summed E-state index contributed by atoms with van der Waals surface area (Å²) in [7, 11) is 0. The largest absolute Gasteiger partial charge is 0.439 e.